The highest BCUT2D eigenvalue weighted by atomic mass is 16.7. The van der Waals surface area contributed by atoms with Crippen LogP contribution in [0.15, 0.2) is 60.8 Å². The second kappa shape index (κ2) is 29.8. The summed E-state index contributed by atoms with van der Waals surface area (Å²) >= 11 is 0. The van der Waals surface area contributed by atoms with Crippen LogP contribution < -0.4 is 5.32 Å². The van der Waals surface area contributed by atoms with Crippen LogP contribution in [-0.4, -0.2) is 87.5 Å². The molecule has 1 heterocycles. The lowest BCUT2D eigenvalue weighted by Crippen LogP contribution is -2.60. The number of nitrogens with one attached hydrogen (secondary N) is 1. The van der Waals surface area contributed by atoms with Crippen molar-refractivity contribution in [3.8, 4) is 0 Å². The Morgan fingerprint density at radius 3 is 2.00 bits per heavy atom. The predicted molar refractivity (Wildman–Crippen MR) is 193 cm³/mol. The van der Waals surface area contributed by atoms with Gasteiger partial charge in [0.2, 0.25) is 5.91 Å². The summed E-state index contributed by atoms with van der Waals surface area (Å²) in [5.41, 5.74) is 0. The first-order valence-electron chi connectivity index (χ1n) is 18.5. The second-order valence-electron chi connectivity index (χ2n) is 12.6. The summed E-state index contributed by atoms with van der Waals surface area (Å²) in [6, 6.07) is -0.825. The van der Waals surface area contributed by atoms with Gasteiger partial charge in [0, 0.05) is 6.42 Å². The summed E-state index contributed by atoms with van der Waals surface area (Å²) < 4.78 is 11.1. The van der Waals surface area contributed by atoms with E-state index >= 15 is 0 Å². The number of allylic oxidation sites excluding steroid dienone is 9. The van der Waals surface area contributed by atoms with E-state index in [2.05, 4.69) is 67.8 Å². The van der Waals surface area contributed by atoms with Gasteiger partial charge < -0.3 is 40.3 Å². The first-order valence-corrected chi connectivity index (χ1v) is 18.5. The number of hydrogen-bond donors (Lipinski definition) is 6. The van der Waals surface area contributed by atoms with Gasteiger partial charge in [0.1, 0.15) is 24.4 Å². The van der Waals surface area contributed by atoms with E-state index in [4.69, 9.17) is 9.47 Å². The van der Waals surface area contributed by atoms with Crippen molar-refractivity contribution in [1.82, 2.24) is 5.32 Å². The Kier molecular flexibility index (Phi) is 27.2. The van der Waals surface area contributed by atoms with E-state index in [0.29, 0.717) is 6.42 Å². The van der Waals surface area contributed by atoms with Crippen molar-refractivity contribution in [2.45, 2.75) is 166 Å². The Bertz CT molecular complexity index is 931. The van der Waals surface area contributed by atoms with Crippen molar-refractivity contribution in [2.75, 3.05) is 13.2 Å². The Hall–Kier alpha value is -2.11. The second-order valence-corrected chi connectivity index (χ2v) is 12.6. The molecule has 1 amide bonds. The van der Waals surface area contributed by atoms with Gasteiger partial charge in [-0.2, -0.15) is 0 Å². The zero-order chi connectivity index (χ0) is 35.2. The third kappa shape index (κ3) is 21.1. The molecule has 1 rings (SSSR count). The lowest BCUT2D eigenvalue weighted by atomic mass is 9.99. The van der Waals surface area contributed by atoms with Crippen LogP contribution in [0.3, 0.4) is 0 Å². The molecule has 1 aliphatic rings. The molecule has 0 aliphatic carbocycles. The molecule has 1 saturated heterocycles. The normalized spacial score (nSPS) is 23.4. The summed E-state index contributed by atoms with van der Waals surface area (Å²) in [6.07, 6.45) is 29.9. The number of aliphatic hydroxyl groups excluding tert-OH is 5. The molecule has 7 unspecified atom stereocenters. The van der Waals surface area contributed by atoms with Gasteiger partial charge in [0.15, 0.2) is 6.29 Å². The average Bonchev–Trinajstić information content (AvgIpc) is 3.08. The minimum atomic E-state index is -1.57. The number of unbranched alkanes of at least 4 members (excludes halogenated alkanes) is 10. The van der Waals surface area contributed by atoms with E-state index in [0.717, 1.165) is 83.5 Å². The average molecular weight is 678 g/mol. The molecule has 0 saturated carbocycles. The molecule has 0 spiro atoms. The molecule has 6 N–H and O–H groups in total. The molecular formula is C39H67NO8. The van der Waals surface area contributed by atoms with Crippen LogP contribution in [0.5, 0.6) is 0 Å². The molecule has 7 atom stereocenters. The van der Waals surface area contributed by atoms with Gasteiger partial charge in [-0.25, -0.2) is 0 Å². The molecule has 0 aromatic rings. The highest BCUT2D eigenvalue weighted by Gasteiger charge is 2.44. The monoisotopic (exact) mass is 677 g/mol. The van der Waals surface area contributed by atoms with E-state index in [1.807, 2.05) is 6.08 Å². The van der Waals surface area contributed by atoms with Crippen LogP contribution in [0.1, 0.15) is 123 Å². The minimum absolute atomic E-state index is 0.206. The van der Waals surface area contributed by atoms with Crippen molar-refractivity contribution >= 4 is 5.91 Å². The van der Waals surface area contributed by atoms with Crippen LogP contribution >= 0.6 is 0 Å². The molecule has 9 heteroatoms. The highest BCUT2D eigenvalue weighted by Crippen LogP contribution is 2.22. The molecule has 0 radical (unpaired) electrons. The zero-order valence-corrected chi connectivity index (χ0v) is 29.7. The Labute approximate surface area is 290 Å². The van der Waals surface area contributed by atoms with Crippen molar-refractivity contribution in [3.05, 3.63) is 60.8 Å². The molecule has 1 fully saturated rings. The van der Waals surface area contributed by atoms with Crippen molar-refractivity contribution in [3.63, 3.8) is 0 Å². The number of amides is 1. The number of ether oxygens (including phenoxy) is 2. The summed E-state index contributed by atoms with van der Waals surface area (Å²) in [4.78, 5) is 12.8. The molecule has 0 aromatic carbocycles. The minimum Gasteiger partial charge on any atom is -0.394 e. The number of carbonyl (C=O) groups excluding carboxylic acids is 1. The number of rotatable bonds is 28. The first kappa shape index (κ1) is 43.9. The van der Waals surface area contributed by atoms with Gasteiger partial charge in [-0.15, -0.1) is 0 Å². The molecule has 1 aliphatic heterocycles. The fourth-order valence-corrected chi connectivity index (χ4v) is 5.29. The molecular weight excluding hydrogens is 610 g/mol. The van der Waals surface area contributed by atoms with Crippen LogP contribution in [0.25, 0.3) is 0 Å². The Morgan fingerprint density at radius 2 is 1.31 bits per heavy atom. The fourth-order valence-electron chi connectivity index (χ4n) is 5.29. The predicted octanol–water partition coefficient (Wildman–Crippen LogP) is 6.10. The van der Waals surface area contributed by atoms with Crippen LogP contribution in [0.4, 0.5) is 0 Å². The maximum Gasteiger partial charge on any atom is 0.220 e. The van der Waals surface area contributed by atoms with Gasteiger partial charge >= 0.3 is 0 Å². The van der Waals surface area contributed by atoms with E-state index in [1.54, 1.807) is 6.08 Å². The standard InChI is InChI=1S/C39H67NO8/c1-3-5-7-9-11-13-14-15-16-17-18-19-20-21-23-25-27-29-35(43)40-32(33(42)28-26-24-22-12-10-8-6-4-2)31-47-39-38(46)37(45)36(44)34(30-41)48-39/h5,7,10-13,15-16,26,28,32-34,36-39,41-42,44-46H,3-4,6,8-9,14,17-25,27,29-31H2,1-2H3,(H,40,43)/b7-5-,12-10+,13-11-,16-15-,28-26+. The number of aliphatic hydroxyl groups is 5. The third-order valence-electron chi connectivity index (χ3n) is 8.33. The molecule has 48 heavy (non-hydrogen) atoms. The van der Waals surface area contributed by atoms with Crippen LogP contribution in [-0.2, 0) is 14.3 Å². The van der Waals surface area contributed by atoms with Gasteiger partial charge in [-0.05, 0) is 57.8 Å². The molecule has 0 bridgehead atoms. The van der Waals surface area contributed by atoms with Crippen molar-refractivity contribution in [1.29, 1.82) is 0 Å². The quantitative estimate of drug-likeness (QED) is 0.0430. The lowest BCUT2D eigenvalue weighted by molar-refractivity contribution is -0.302. The van der Waals surface area contributed by atoms with E-state index in [9.17, 15) is 30.3 Å². The smallest absolute Gasteiger partial charge is 0.220 e. The van der Waals surface area contributed by atoms with Gasteiger partial charge in [0.25, 0.3) is 0 Å². The molecule has 276 valence electrons. The zero-order valence-electron chi connectivity index (χ0n) is 29.7. The summed E-state index contributed by atoms with van der Waals surface area (Å²) in [5.74, 6) is -0.206. The van der Waals surface area contributed by atoms with E-state index in [1.165, 1.54) is 19.3 Å². The third-order valence-corrected chi connectivity index (χ3v) is 8.33. The first-order chi connectivity index (χ1) is 23.3. The summed E-state index contributed by atoms with van der Waals surface area (Å²) in [5, 5.41) is 53.7. The largest absolute Gasteiger partial charge is 0.394 e. The summed E-state index contributed by atoms with van der Waals surface area (Å²) in [7, 11) is 0. The maximum atomic E-state index is 12.8. The fraction of sp³-hybridized carbons (Fsp3) is 0.718. The number of carbonyl (C=O) groups is 1. The Morgan fingerprint density at radius 1 is 0.729 bits per heavy atom. The van der Waals surface area contributed by atoms with Gasteiger partial charge in [0.05, 0.1) is 25.4 Å². The molecule has 9 nitrogen and oxygen atoms in total. The topological polar surface area (TPSA) is 149 Å². The van der Waals surface area contributed by atoms with Gasteiger partial charge in [-0.3, -0.25) is 4.79 Å². The SMILES string of the molecule is CC/C=C\C/C=C\C/C=C\CCCCCCCCCC(=O)NC(COC1OC(CO)C(O)C(O)C1O)C(O)/C=C/CC/C=C/CCCC. The van der Waals surface area contributed by atoms with Crippen LogP contribution in [0, 0.1) is 0 Å². The molecule has 0 aromatic heterocycles. The van der Waals surface area contributed by atoms with E-state index < -0.39 is 49.5 Å². The van der Waals surface area contributed by atoms with Crippen molar-refractivity contribution in [2.24, 2.45) is 0 Å². The lowest BCUT2D eigenvalue weighted by Gasteiger charge is -2.40. The maximum absolute atomic E-state index is 12.8. The highest BCUT2D eigenvalue weighted by molar-refractivity contribution is 5.76. The van der Waals surface area contributed by atoms with Crippen molar-refractivity contribution < 1.29 is 39.8 Å². The van der Waals surface area contributed by atoms with E-state index in [-0.39, 0.29) is 12.5 Å². The summed E-state index contributed by atoms with van der Waals surface area (Å²) in [6.45, 7) is 3.52. The Balaban J connectivity index is 2.42. The number of hydrogen-bond acceptors (Lipinski definition) is 8. The van der Waals surface area contributed by atoms with Gasteiger partial charge in [-0.1, -0.05) is 120 Å². The van der Waals surface area contributed by atoms with Crippen LogP contribution in [0.2, 0.25) is 0 Å².